The Balaban J connectivity index is 1.57. The number of nitrogens with one attached hydrogen (secondary N) is 1. The zero-order valence-electron chi connectivity index (χ0n) is 17.6. The Morgan fingerprint density at radius 2 is 1.71 bits per heavy atom. The van der Waals surface area contributed by atoms with Gasteiger partial charge >= 0.3 is 0 Å². The molecule has 0 aliphatic carbocycles. The number of carbonyl (C=O) groups is 1. The molecule has 0 aliphatic rings. The monoisotopic (exact) mass is 514 g/mol. The van der Waals surface area contributed by atoms with Crippen LogP contribution in [0.3, 0.4) is 0 Å². The number of carbonyl (C=O) groups excluding carboxylic acids is 1. The number of hydrogen-bond donors (Lipinski definition) is 1. The van der Waals surface area contributed by atoms with Gasteiger partial charge in [-0.1, -0.05) is 59.1 Å². The molecular weight excluding hydrogens is 498 g/mol. The molecule has 1 N–H and O–H groups in total. The zero-order valence-corrected chi connectivity index (χ0v) is 19.9. The smallest absolute Gasteiger partial charge is 0.251 e. The zero-order chi connectivity index (χ0) is 24.1. The first-order valence-electron chi connectivity index (χ1n) is 10.3. The third kappa shape index (κ3) is 5.86. The van der Waals surface area contributed by atoms with Crippen LogP contribution in [-0.4, -0.2) is 10.9 Å². The maximum atomic E-state index is 15.0. The molecule has 1 atom stereocenters. The molecule has 1 heterocycles. The second-order valence-corrected chi connectivity index (χ2v) is 8.64. The summed E-state index contributed by atoms with van der Waals surface area (Å²) in [6.45, 7) is 0.229. The highest BCUT2D eigenvalue weighted by Gasteiger charge is 2.22. The summed E-state index contributed by atoms with van der Waals surface area (Å²) in [5, 5.41) is 4.12. The number of aromatic nitrogens is 1. The van der Waals surface area contributed by atoms with Gasteiger partial charge in [0.1, 0.15) is 0 Å². The Morgan fingerprint density at radius 1 is 0.941 bits per heavy atom. The molecule has 4 aromatic rings. The van der Waals surface area contributed by atoms with Crippen molar-refractivity contribution in [2.24, 2.45) is 0 Å². The van der Waals surface area contributed by atoms with Crippen LogP contribution in [0.5, 0.6) is 5.75 Å². The molecule has 0 aliphatic heterocycles. The van der Waals surface area contributed by atoms with Gasteiger partial charge in [-0.2, -0.15) is 0 Å². The Kier molecular flexibility index (Phi) is 7.68. The quantitative estimate of drug-likeness (QED) is 0.281. The number of rotatable bonds is 7. The normalized spacial score (nSPS) is 11.6. The predicted molar refractivity (Wildman–Crippen MR) is 132 cm³/mol. The number of benzene rings is 3. The number of nitrogens with zero attached hydrogens (tertiary/aromatic N) is 1. The van der Waals surface area contributed by atoms with Crippen LogP contribution in [0.2, 0.25) is 15.1 Å². The molecule has 0 radical (unpaired) electrons. The van der Waals surface area contributed by atoms with E-state index in [0.29, 0.717) is 31.9 Å². The Morgan fingerprint density at radius 3 is 2.38 bits per heavy atom. The van der Waals surface area contributed by atoms with Crippen molar-refractivity contribution in [3.05, 3.63) is 128 Å². The van der Waals surface area contributed by atoms with Gasteiger partial charge < -0.3 is 10.1 Å². The average Bonchev–Trinajstić information content (AvgIpc) is 2.83. The molecule has 1 amide bonds. The number of halogens is 4. The summed E-state index contributed by atoms with van der Waals surface area (Å²) in [6.07, 6.45) is 0.900. The van der Waals surface area contributed by atoms with Gasteiger partial charge in [-0.05, 0) is 60.2 Å². The lowest BCUT2D eigenvalue weighted by Gasteiger charge is -2.22. The minimum absolute atomic E-state index is 0.0350. The van der Waals surface area contributed by atoms with Crippen molar-refractivity contribution < 1.29 is 13.9 Å². The molecule has 0 saturated heterocycles. The predicted octanol–water partition coefficient (Wildman–Crippen LogP) is 7.28. The standard InChI is InChI=1S/C26H18Cl3FN2O2/c27-18-7-4-16(5-8-18)25(21-10-9-19(28)14-22(21)29)34-24-11-6-17(13-23(24)30)26(33)32-15-20-3-1-2-12-31-20/h1-14,25H,15H2,(H,32,33). The van der Waals surface area contributed by atoms with Gasteiger partial charge in [0.05, 0.1) is 12.2 Å². The molecule has 0 spiro atoms. The maximum Gasteiger partial charge on any atom is 0.251 e. The summed E-state index contributed by atoms with van der Waals surface area (Å²) in [5.41, 5.74) is 2.17. The molecule has 1 unspecified atom stereocenters. The van der Waals surface area contributed by atoms with E-state index in [1.54, 1.807) is 60.8 Å². The number of hydrogen-bond acceptors (Lipinski definition) is 3. The van der Waals surface area contributed by atoms with Crippen LogP contribution < -0.4 is 10.1 Å². The first-order chi connectivity index (χ1) is 16.4. The highest BCUT2D eigenvalue weighted by molar-refractivity contribution is 6.35. The van der Waals surface area contributed by atoms with Crippen molar-refractivity contribution in [3.8, 4) is 5.75 Å². The van der Waals surface area contributed by atoms with Crippen molar-refractivity contribution >= 4 is 40.7 Å². The van der Waals surface area contributed by atoms with Crippen LogP contribution in [-0.2, 0) is 6.54 Å². The minimum Gasteiger partial charge on any atom is -0.478 e. The number of pyridine rings is 1. The molecule has 0 saturated carbocycles. The van der Waals surface area contributed by atoms with Gasteiger partial charge in [0, 0.05) is 32.4 Å². The topological polar surface area (TPSA) is 51.2 Å². The highest BCUT2D eigenvalue weighted by atomic mass is 35.5. The van der Waals surface area contributed by atoms with Gasteiger partial charge in [-0.3, -0.25) is 9.78 Å². The van der Waals surface area contributed by atoms with Crippen LogP contribution in [0.15, 0.2) is 85.1 Å². The largest absolute Gasteiger partial charge is 0.478 e. The average molecular weight is 516 g/mol. The van der Waals surface area contributed by atoms with Crippen molar-refractivity contribution in [2.75, 3.05) is 0 Å². The summed E-state index contributed by atoms with van der Waals surface area (Å²) in [7, 11) is 0. The van der Waals surface area contributed by atoms with E-state index in [2.05, 4.69) is 10.3 Å². The fraction of sp³-hybridized carbons (Fsp3) is 0.0769. The maximum absolute atomic E-state index is 15.0. The van der Waals surface area contributed by atoms with E-state index in [1.807, 2.05) is 6.07 Å². The summed E-state index contributed by atoms with van der Waals surface area (Å²) < 4.78 is 21.1. The fourth-order valence-electron chi connectivity index (χ4n) is 3.30. The fourth-order valence-corrected chi connectivity index (χ4v) is 3.94. The van der Waals surface area contributed by atoms with Crippen molar-refractivity contribution in [2.45, 2.75) is 12.6 Å². The van der Waals surface area contributed by atoms with Crippen LogP contribution in [0, 0.1) is 5.82 Å². The molecule has 8 heteroatoms. The second kappa shape index (κ2) is 10.9. The second-order valence-electron chi connectivity index (χ2n) is 7.36. The molecule has 0 bridgehead atoms. The minimum atomic E-state index is -0.736. The Hall–Kier alpha value is -3.12. The molecule has 4 rings (SSSR count). The molecule has 172 valence electrons. The first-order valence-corrected chi connectivity index (χ1v) is 11.4. The van der Waals surface area contributed by atoms with E-state index in [4.69, 9.17) is 39.5 Å². The van der Waals surface area contributed by atoms with Gasteiger partial charge in [-0.15, -0.1) is 0 Å². The van der Waals surface area contributed by atoms with Crippen molar-refractivity contribution in [3.63, 3.8) is 0 Å². The molecule has 0 fully saturated rings. The van der Waals surface area contributed by atoms with Gasteiger partial charge in [0.25, 0.3) is 5.91 Å². The van der Waals surface area contributed by atoms with E-state index in [1.165, 1.54) is 12.1 Å². The highest BCUT2D eigenvalue weighted by Crippen LogP contribution is 2.35. The summed E-state index contributed by atoms with van der Waals surface area (Å²) in [5.74, 6) is -1.15. The van der Waals surface area contributed by atoms with E-state index in [9.17, 15) is 4.79 Å². The van der Waals surface area contributed by atoms with Gasteiger partial charge in [-0.25, -0.2) is 4.39 Å². The van der Waals surface area contributed by atoms with Crippen molar-refractivity contribution in [1.29, 1.82) is 0 Å². The van der Waals surface area contributed by atoms with Crippen LogP contribution >= 0.6 is 34.8 Å². The lowest BCUT2D eigenvalue weighted by Crippen LogP contribution is -2.23. The Bertz CT molecular complexity index is 1300. The SMILES string of the molecule is O=C(NCc1ccccn1)c1ccc(OC(c2ccc(Cl)cc2)c2ccc(Cl)cc2Cl)c(F)c1. The summed E-state index contributed by atoms with van der Waals surface area (Å²) >= 11 is 18.5. The van der Waals surface area contributed by atoms with E-state index < -0.39 is 17.8 Å². The van der Waals surface area contributed by atoms with Crippen molar-refractivity contribution in [1.82, 2.24) is 10.3 Å². The third-order valence-corrected chi connectivity index (χ3v) is 5.83. The molecule has 3 aromatic carbocycles. The number of ether oxygens (including phenoxy) is 1. The van der Waals surface area contributed by atoms with E-state index in [-0.39, 0.29) is 17.9 Å². The third-order valence-electron chi connectivity index (χ3n) is 5.01. The van der Waals surface area contributed by atoms with E-state index in [0.717, 1.165) is 6.07 Å². The number of amides is 1. The van der Waals surface area contributed by atoms with E-state index >= 15 is 4.39 Å². The Labute approximate surface area is 211 Å². The van der Waals surface area contributed by atoms with Gasteiger partial charge in [0.2, 0.25) is 0 Å². The van der Waals surface area contributed by atoms with Crippen LogP contribution in [0.4, 0.5) is 4.39 Å². The summed E-state index contributed by atoms with van der Waals surface area (Å²) in [6, 6.07) is 21.4. The molecular formula is C26H18Cl3FN2O2. The summed E-state index contributed by atoms with van der Waals surface area (Å²) in [4.78, 5) is 16.6. The molecule has 1 aromatic heterocycles. The first kappa shape index (κ1) is 24.0. The van der Waals surface area contributed by atoms with Gasteiger partial charge in [0.15, 0.2) is 17.7 Å². The molecule has 4 nitrogen and oxygen atoms in total. The lowest BCUT2D eigenvalue weighted by atomic mass is 10.0. The van der Waals surface area contributed by atoms with Crippen LogP contribution in [0.1, 0.15) is 33.3 Å². The molecule has 34 heavy (non-hydrogen) atoms. The van der Waals surface area contributed by atoms with Crippen LogP contribution in [0.25, 0.3) is 0 Å². The lowest BCUT2D eigenvalue weighted by molar-refractivity contribution is 0.0950.